The standard InChI is InChI=1S/C19H12ClF5N2O3S/c20-12-2-3-14-16(6-12)31-17(27-14)11-1-4-15(13(22)5-11)29-9-10(7-21)8-26-30-18(28)19(23,24)25/h1-7,26H,8-9H2/b10-7-. The van der Waals surface area contributed by atoms with Crippen LogP contribution in [0, 0.1) is 5.82 Å². The van der Waals surface area contributed by atoms with E-state index in [2.05, 4.69) is 9.82 Å². The van der Waals surface area contributed by atoms with Crippen molar-refractivity contribution in [1.29, 1.82) is 0 Å². The Bertz CT molecular complexity index is 1130. The smallest absolute Gasteiger partial charge is 0.486 e. The predicted octanol–water partition coefficient (Wildman–Crippen LogP) is 5.60. The average Bonchev–Trinajstić information content (AvgIpc) is 3.13. The number of nitrogens with one attached hydrogen (secondary N) is 1. The molecule has 0 saturated carbocycles. The molecule has 0 amide bonds. The third-order valence-corrected chi connectivity index (χ3v) is 5.09. The number of ether oxygens (including phenoxy) is 1. The van der Waals surface area contributed by atoms with Crippen molar-refractivity contribution >= 4 is 39.1 Å². The molecule has 3 aromatic rings. The number of benzene rings is 2. The van der Waals surface area contributed by atoms with Crippen LogP contribution >= 0.6 is 22.9 Å². The molecule has 0 aliphatic rings. The summed E-state index contributed by atoms with van der Waals surface area (Å²) in [7, 11) is 0. The van der Waals surface area contributed by atoms with Crippen molar-refractivity contribution in [3.05, 3.63) is 59.1 Å². The molecule has 0 aliphatic carbocycles. The lowest BCUT2D eigenvalue weighted by molar-refractivity contribution is -0.206. The van der Waals surface area contributed by atoms with Crippen LogP contribution in [-0.2, 0) is 9.63 Å². The van der Waals surface area contributed by atoms with Crippen LogP contribution in [0.4, 0.5) is 22.0 Å². The summed E-state index contributed by atoms with van der Waals surface area (Å²) in [6.07, 6.45) is -5.14. The minimum absolute atomic E-state index is 0.0486. The Labute approximate surface area is 181 Å². The van der Waals surface area contributed by atoms with Gasteiger partial charge in [-0.15, -0.1) is 16.8 Å². The van der Waals surface area contributed by atoms with Gasteiger partial charge in [-0.25, -0.2) is 18.6 Å². The second-order valence-corrected chi connectivity index (χ2v) is 7.51. The number of aromatic nitrogens is 1. The number of fused-ring (bicyclic) bond motifs is 1. The first-order valence-electron chi connectivity index (χ1n) is 8.45. The van der Waals surface area contributed by atoms with E-state index in [-0.39, 0.29) is 17.7 Å². The van der Waals surface area contributed by atoms with Crippen LogP contribution in [0.1, 0.15) is 0 Å². The van der Waals surface area contributed by atoms with Gasteiger partial charge in [0.25, 0.3) is 0 Å². The van der Waals surface area contributed by atoms with Gasteiger partial charge in [-0.1, -0.05) is 11.6 Å². The topological polar surface area (TPSA) is 60.5 Å². The Balaban J connectivity index is 1.61. The van der Waals surface area contributed by atoms with Crippen LogP contribution in [0.25, 0.3) is 20.8 Å². The molecular weight excluding hydrogens is 467 g/mol. The molecule has 0 radical (unpaired) electrons. The molecule has 0 aliphatic heterocycles. The number of hydrogen-bond donors (Lipinski definition) is 1. The van der Waals surface area contributed by atoms with Gasteiger partial charge in [0.15, 0.2) is 11.6 Å². The van der Waals surface area contributed by atoms with E-state index >= 15 is 0 Å². The summed E-state index contributed by atoms with van der Waals surface area (Å²) in [6, 6.07) is 9.25. The van der Waals surface area contributed by atoms with E-state index in [4.69, 9.17) is 16.3 Å². The number of hydroxylamine groups is 1. The molecule has 2 aromatic carbocycles. The number of carbonyl (C=O) groups excluding carboxylic acids is 1. The highest BCUT2D eigenvalue weighted by Crippen LogP contribution is 2.33. The highest BCUT2D eigenvalue weighted by atomic mass is 35.5. The van der Waals surface area contributed by atoms with Crippen molar-refractivity contribution < 1.29 is 36.3 Å². The zero-order valence-corrected chi connectivity index (χ0v) is 16.9. The highest BCUT2D eigenvalue weighted by molar-refractivity contribution is 7.21. The Morgan fingerprint density at radius 1 is 1.23 bits per heavy atom. The lowest BCUT2D eigenvalue weighted by atomic mass is 10.2. The number of rotatable bonds is 7. The van der Waals surface area contributed by atoms with Crippen molar-refractivity contribution in [1.82, 2.24) is 10.5 Å². The maximum atomic E-state index is 14.4. The van der Waals surface area contributed by atoms with Crippen LogP contribution < -0.4 is 10.2 Å². The minimum Gasteiger partial charge on any atom is -0.486 e. The van der Waals surface area contributed by atoms with Gasteiger partial charge >= 0.3 is 12.1 Å². The molecule has 164 valence electrons. The van der Waals surface area contributed by atoms with E-state index in [1.54, 1.807) is 29.7 Å². The van der Waals surface area contributed by atoms with Gasteiger partial charge in [0, 0.05) is 16.2 Å². The fraction of sp³-hybridized carbons (Fsp3) is 0.158. The first kappa shape index (κ1) is 22.9. The first-order valence-corrected chi connectivity index (χ1v) is 9.64. The maximum Gasteiger partial charge on any atom is 0.492 e. The maximum absolute atomic E-state index is 14.4. The molecule has 1 aromatic heterocycles. The van der Waals surface area contributed by atoms with Gasteiger partial charge in [-0.05, 0) is 36.4 Å². The summed E-state index contributed by atoms with van der Waals surface area (Å²) >= 11 is 7.27. The zero-order valence-electron chi connectivity index (χ0n) is 15.3. The molecule has 0 unspecified atom stereocenters. The molecule has 1 N–H and O–H groups in total. The molecule has 0 spiro atoms. The van der Waals surface area contributed by atoms with Crippen molar-refractivity contribution in [3.8, 4) is 16.3 Å². The minimum atomic E-state index is -5.19. The lowest BCUT2D eigenvalue weighted by Crippen LogP contribution is -2.32. The summed E-state index contributed by atoms with van der Waals surface area (Å²) in [6.45, 7) is -1.09. The molecule has 12 heteroatoms. The van der Waals surface area contributed by atoms with Gasteiger partial charge in [0.2, 0.25) is 0 Å². The van der Waals surface area contributed by atoms with Crippen molar-refractivity contribution in [3.63, 3.8) is 0 Å². The van der Waals surface area contributed by atoms with E-state index in [1.807, 2.05) is 0 Å². The molecule has 0 atom stereocenters. The number of nitrogens with zero attached hydrogens (tertiary/aromatic N) is 1. The number of alkyl halides is 3. The second-order valence-electron chi connectivity index (χ2n) is 6.04. The van der Waals surface area contributed by atoms with E-state index in [0.717, 1.165) is 4.70 Å². The van der Waals surface area contributed by atoms with Gasteiger partial charge in [0.05, 0.1) is 23.1 Å². The highest BCUT2D eigenvalue weighted by Gasteiger charge is 2.41. The lowest BCUT2D eigenvalue weighted by Gasteiger charge is -2.11. The second kappa shape index (κ2) is 9.58. The molecule has 0 bridgehead atoms. The van der Waals surface area contributed by atoms with Crippen LogP contribution in [0.5, 0.6) is 5.75 Å². The van der Waals surface area contributed by atoms with Gasteiger partial charge < -0.3 is 9.57 Å². The van der Waals surface area contributed by atoms with Crippen LogP contribution in [0.2, 0.25) is 5.02 Å². The average molecular weight is 479 g/mol. The quantitative estimate of drug-likeness (QED) is 0.354. The fourth-order valence-electron chi connectivity index (χ4n) is 2.32. The summed E-state index contributed by atoms with van der Waals surface area (Å²) < 4.78 is 69.3. The van der Waals surface area contributed by atoms with E-state index in [0.29, 0.717) is 21.1 Å². The van der Waals surface area contributed by atoms with Crippen molar-refractivity contribution in [2.45, 2.75) is 6.18 Å². The number of hydrogen-bond acceptors (Lipinski definition) is 6. The summed E-state index contributed by atoms with van der Waals surface area (Å²) in [5.74, 6) is -3.44. The van der Waals surface area contributed by atoms with E-state index < -0.39 is 31.1 Å². The fourth-order valence-corrected chi connectivity index (χ4v) is 3.55. The monoisotopic (exact) mass is 478 g/mol. The van der Waals surface area contributed by atoms with E-state index in [9.17, 15) is 26.7 Å². The zero-order chi connectivity index (χ0) is 22.6. The molecule has 3 rings (SSSR count). The number of halogens is 6. The van der Waals surface area contributed by atoms with Crippen LogP contribution in [-0.4, -0.2) is 30.3 Å². The molecule has 31 heavy (non-hydrogen) atoms. The van der Waals surface area contributed by atoms with Crippen LogP contribution in [0.3, 0.4) is 0 Å². The summed E-state index contributed by atoms with van der Waals surface area (Å²) in [5, 5.41) is 1.11. The molecule has 0 fully saturated rings. The van der Waals surface area contributed by atoms with Crippen molar-refractivity contribution in [2.75, 3.05) is 13.2 Å². The molecular formula is C19H12ClF5N2O3S. The Hall–Kier alpha value is -2.76. The largest absolute Gasteiger partial charge is 0.492 e. The normalized spacial score (nSPS) is 12.3. The van der Waals surface area contributed by atoms with Crippen LogP contribution in [0.15, 0.2) is 48.3 Å². The number of carbonyl (C=O) groups is 1. The SMILES string of the molecule is O=C(ONC/C(=C/F)COc1ccc(-c2nc3ccc(Cl)cc3s2)cc1F)C(F)(F)F. The summed E-state index contributed by atoms with van der Waals surface area (Å²) in [5.41, 5.74) is 2.65. The molecule has 5 nitrogen and oxygen atoms in total. The first-order chi connectivity index (χ1) is 14.7. The van der Waals surface area contributed by atoms with Gasteiger partial charge in [-0.3, -0.25) is 0 Å². The van der Waals surface area contributed by atoms with E-state index in [1.165, 1.54) is 23.5 Å². The number of thiazole rings is 1. The van der Waals surface area contributed by atoms with Gasteiger partial charge in [-0.2, -0.15) is 13.2 Å². The molecule has 1 heterocycles. The third kappa shape index (κ3) is 5.90. The third-order valence-electron chi connectivity index (χ3n) is 3.79. The van der Waals surface area contributed by atoms with Crippen molar-refractivity contribution in [2.24, 2.45) is 0 Å². The molecule has 0 saturated heterocycles. The Kier molecular flexibility index (Phi) is 7.08. The summed E-state index contributed by atoms with van der Waals surface area (Å²) in [4.78, 5) is 18.7. The van der Waals surface area contributed by atoms with Gasteiger partial charge in [0.1, 0.15) is 11.6 Å². The Morgan fingerprint density at radius 3 is 2.68 bits per heavy atom. The predicted molar refractivity (Wildman–Crippen MR) is 105 cm³/mol. The Morgan fingerprint density at radius 2 is 2.00 bits per heavy atom.